The first-order chi connectivity index (χ1) is 5.74. The van der Waals surface area contributed by atoms with Gasteiger partial charge in [-0.05, 0) is 6.92 Å². The number of thiol groups is 1. The summed E-state index contributed by atoms with van der Waals surface area (Å²) in [5, 5.41) is 4.18. The van der Waals surface area contributed by atoms with Gasteiger partial charge in [0.25, 0.3) is 0 Å². The van der Waals surface area contributed by atoms with E-state index in [9.17, 15) is 0 Å². The third-order valence-electron chi connectivity index (χ3n) is 1.47. The van der Waals surface area contributed by atoms with Crippen LogP contribution in [0.15, 0.2) is 6.20 Å². The van der Waals surface area contributed by atoms with Crippen molar-refractivity contribution in [3.8, 4) is 11.8 Å². The average Bonchev–Trinajstić information content (AvgIpc) is 2.31. The van der Waals surface area contributed by atoms with E-state index in [1.54, 1.807) is 4.68 Å². The molecule has 0 amide bonds. The summed E-state index contributed by atoms with van der Waals surface area (Å²) in [5.74, 6) is 6.89. The Labute approximate surface area is 78.4 Å². The molecule has 0 saturated carbocycles. The number of hydrogen-bond acceptors (Lipinski definition) is 2. The summed E-state index contributed by atoms with van der Waals surface area (Å²) in [4.78, 5) is 0. The Kier molecular flexibility index (Phi) is 3.24. The van der Waals surface area contributed by atoms with Crippen molar-refractivity contribution in [3.05, 3.63) is 17.5 Å². The predicted octanol–water partition coefficient (Wildman–Crippen LogP) is 1.40. The van der Waals surface area contributed by atoms with E-state index >= 15 is 0 Å². The van der Waals surface area contributed by atoms with Crippen LogP contribution in [0.1, 0.15) is 17.7 Å². The van der Waals surface area contributed by atoms with Gasteiger partial charge in [0.2, 0.25) is 0 Å². The first-order valence-corrected chi connectivity index (χ1v) is 4.47. The number of rotatable bonds is 1. The van der Waals surface area contributed by atoms with E-state index < -0.39 is 0 Å². The molecule has 0 saturated heterocycles. The van der Waals surface area contributed by atoms with Crippen LogP contribution in [-0.2, 0) is 7.05 Å². The maximum Gasteiger partial charge on any atom is 0.0750 e. The van der Waals surface area contributed by atoms with Gasteiger partial charge in [0.05, 0.1) is 11.3 Å². The van der Waals surface area contributed by atoms with Crippen LogP contribution >= 0.6 is 12.6 Å². The topological polar surface area (TPSA) is 17.8 Å². The molecular formula is C9H12N2S. The van der Waals surface area contributed by atoms with Crippen LogP contribution in [0.4, 0.5) is 0 Å². The highest BCUT2D eigenvalue weighted by molar-refractivity contribution is 7.80. The van der Waals surface area contributed by atoms with Crippen LogP contribution in [0.3, 0.4) is 0 Å². The lowest BCUT2D eigenvalue weighted by Crippen LogP contribution is -1.86. The Morgan fingerprint density at radius 3 is 2.92 bits per heavy atom. The molecule has 1 aromatic heterocycles. The van der Waals surface area contributed by atoms with Gasteiger partial charge >= 0.3 is 0 Å². The van der Waals surface area contributed by atoms with E-state index in [1.165, 1.54) is 0 Å². The van der Waals surface area contributed by atoms with Crippen LogP contribution in [0.5, 0.6) is 0 Å². The molecule has 3 heteroatoms. The summed E-state index contributed by atoms with van der Waals surface area (Å²) in [6, 6.07) is 0. The predicted molar refractivity (Wildman–Crippen MR) is 53.3 cm³/mol. The van der Waals surface area contributed by atoms with Crippen molar-refractivity contribution >= 4 is 12.6 Å². The molecule has 0 N–H and O–H groups in total. The largest absolute Gasteiger partial charge is 0.274 e. The lowest BCUT2D eigenvalue weighted by atomic mass is 10.2. The van der Waals surface area contributed by atoms with Crippen LogP contribution in [0.25, 0.3) is 0 Å². The van der Waals surface area contributed by atoms with E-state index in [4.69, 9.17) is 0 Å². The fraction of sp³-hybridized carbons (Fsp3) is 0.444. The first-order valence-electron chi connectivity index (χ1n) is 3.84. The highest BCUT2D eigenvalue weighted by atomic mass is 32.1. The highest BCUT2D eigenvalue weighted by Crippen LogP contribution is 2.01. The van der Waals surface area contributed by atoms with Gasteiger partial charge in [0, 0.05) is 25.4 Å². The second-order valence-electron chi connectivity index (χ2n) is 2.58. The van der Waals surface area contributed by atoms with Crippen molar-refractivity contribution in [2.45, 2.75) is 13.3 Å². The number of aromatic nitrogens is 2. The van der Waals surface area contributed by atoms with Crippen molar-refractivity contribution in [3.63, 3.8) is 0 Å². The molecule has 0 aromatic carbocycles. The Bertz CT molecular complexity index is 317. The Morgan fingerprint density at radius 2 is 2.42 bits per heavy atom. The van der Waals surface area contributed by atoms with E-state index in [0.717, 1.165) is 23.4 Å². The molecule has 1 heterocycles. The number of hydrogen-bond donors (Lipinski definition) is 1. The van der Waals surface area contributed by atoms with Gasteiger partial charge in [-0.3, -0.25) is 4.68 Å². The summed E-state index contributed by atoms with van der Waals surface area (Å²) < 4.78 is 1.78. The van der Waals surface area contributed by atoms with Gasteiger partial charge in [0.15, 0.2) is 0 Å². The van der Waals surface area contributed by atoms with Crippen LogP contribution in [0, 0.1) is 18.8 Å². The molecule has 0 fully saturated rings. The molecule has 0 radical (unpaired) electrons. The fourth-order valence-electron chi connectivity index (χ4n) is 0.936. The minimum Gasteiger partial charge on any atom is -0.274 e. The minimum absolute atomic E-state index is 0.812. The smallest absolute Gasteiger partial charge is 0.0750 e. The summed E-state index contributed by atoms with van der Waals surface area (Å²) in [7, 11) is 1.90. The van der Waals surface area contributed by atoms with E-state index in [0.29, 0.717) is 0 Å². The monoisotopic (exact) mass is 180 g/mol. The fourth-order valence-corrected chi connectivity index (χ4v) is 1.05. The molecule has 0 aliphatic rings. The van der Waals surface area contributed by atoms with Crippen molar-refractivity contribution in [2.75, 3.05) is 5.75 Å². The third kappa shape index (κ3) is 2.31. The van der Waals surface area contributed by atoms with E-state index in [2.05, 4.69) is 29.6 Å². The van der Waals surface area contributed by atoms with Crippen LogP contribution < -0.4 is 0 Å². The number of nitrogens with zero attached hydrogens (tertiary/aromatic N) is 2. The van der Waals surface area contributed by atoms with Gasteiger partial charge in [-0.1, -0.05) is 11.8 Å². The molecule has 1 aromatic rings. The van der Waals surface area contributed by atoms with Crippen LogP contribution in [0.2, 0.25) is 0 Å². The summed E-state index contributed by atoms with van der Waals surface area (Å²) >= 11 is 4.07. The molecule has 12 heavy (non-hydrogen) atoms. The zero-order valence-corrected chi connectivity index (χ0v) is 8.23. The van der Waals surface area contributed by atoms with Gasteiger partial charge in [-0.2, -0.15) is 17.7 Å². The minimum atomic E-state index is 0.812. The molecule has 0 aliphatic heterocycles. The molecular weight excluding hydrogens is 168 g/mol. The van der Waals surface area contributed by atoms with E-state index in [-0.39, 0.29) is 0 Å². The Balaban J connectivity index is 2.76. The lowest BCUT2D eigenvalue weighted by Gasteiger charge is -1.81. The summed E-state index contributed by atoms with van der Waals surface area (Å²) in [6.45, 7) is 1.96. The SMILES string of the molecule is Cc1nn(C)cc1C#CCCS. The van der Waals surface area contributed by atoms with Gasteiger partial charge in [-0.15, -0.1) is 0 Å². The summed E-state index contributed by atoms with van der Waals surface area (Å²) in [6.07, 6.45) is 2.76. The molecule has 0 atom stereocenters. The van der Waals surface area contributed by atoms with Gasteiger partial charge in [0.1, 0.15) is 0 Å². The average molecular weight is 180 g/mol. The summed E-state index contributed by atoms with van der Waals surface area (Å²) in [5.41, 5.74) is 2.00. The maximum atomic E-state index is 4.18. The first kappa shape index (κ1) is 9.21. The Hall–Kier alpha value is -0.880. The molecule has 64 valence electrons. The van der Waals surface area contributed by atoms with Crippen LogP contribution in [-0.4, -0.2) is 15.5 Å². The van der Waals surface area contributed by atoms with Crippen molar-refractivity contribution in [2.24, 2.45) is 7.05 Å². The van der Waals surface area contributed by atoms with Crippen molar-refractivity contribution in [1.82, 2.24) is 9.78 Å². The van der Waals surface area contributed by atoms with Crippen molar-refractivity contribution < 1.29 is 0 Å². The molecule has 0 bridgehead atoms. The molecule has 1 rings (SSSR count). The molecule has 0 aliphatic carbocycles. The number of aryl methyl sites for hydroxylation is 2. The molecule has 2 nitrogen and oxygen atoms in total. The quantitative estimate of drug-likeness (QED) is 0.511. The lowest BCUT2D eigenvalue weighted by molar-refractivity contribution is 0.756. The zero-order valence-electron chi connectivity index (χ0n) is 7.33. The van der Waals surface area contributed by atoms with Crippen molar-refractivity contribution in [1.29, 1.82) is 0 Å². The standard InChI is InChI=1S/C9H12N2S/c1-8-9(5-3-4-6-12)7-11(2)10-8/h7,12H,4,6H2,1-2H3. The van der Waals surface area contributed by atoms with E-state index in [1.807, 2.05) is 20.2 Å². The second kappa shape index (κ2) is 4.22. The van der Waals surface area contributed by atoms with Gasteiger partial charge in [-0.25, -0.2) is 0 Å². The Morgan fingerprint density at radius 1 is 1.67 bits per heavy atom. The highest BCUT2D eigenvalue weighted by Gasteiger charge is 1.97. The molecule has 0 spiro atoms. The maximum absolute atomic E-state index is 4.18. The third-order valence-corrected chi connectivity index (χ3v) is 1.70. The second-order valence-corrected chi connectivity index (χ2v) is 3.02. The van der Waals surface area contributed by atoms with Gasteiger partial charge < -0.3 is 0 Å². The normalized spacial score (nSPS) is 9.25. The zero-order chi connectivity index (χ0) is 8.97. The molecule has 0 unspecified atom stereocenters.